The van der Waals surface area contributed by atoms with Gasteiger partial charge in [-0.3, -0.25) is 4.79 Å². The Bertz CT molecular complexity index is 1090. The molecule has 7 heteroatoms. The second kappa shape index (κ2) is 7.97. The number of aromatic nitrogens is 2. The molecule has 1 aliphatic rings. The minimum Gasteiger partial charge on any atom is -0.453 e. The number of imidazole rings is 1. The van der Waals surface area contributed by atoms with Crippen LogP contribution in [-0.4, -0.2) is 46.6 Å². The summed E-state index contributed by atoms with van der Waals surface area (Å²) < 4.78 is 4.72. The Labute approximate surface area is 175 Å². The number of aromatic amines is 1. The second-order valence-corrected chi connectivity index (χ2v) is 8.51. The quantitative estimate of drug-likeness (QED) is 0.683. The maximum Gasteiger partial charge on any atom is 0.407 e. The molecule has 7 nitrogen and oxygen atoms in total. The Morgan fingerprint density at radius 3 is 2.73 bits per heavy atom. The number of fused-ring (bicyclic) bond motifs is 3. The Balaban J connectivity index is 1.69. The molecule has 2 N–H and O–H groups in total. The number of hydrogen-bond acceptors (Lipinski definition) is 4. The van der Waals surface area contributed by atoms with E-state index in [1.807, 2.05) is 36.9 Å². The summed E-state index contributed by atoms with van der Waals surface area (Å²) in [5.41, 5.74) is 1.88. The lowest BCUT2D eigenvalue weighted by Gasteiger charge is -2.30. The SMILES string of the molecule is COC(=O)N[C@H](C(=O)N1C[C@@H](C)C[C@H]1c1nc2ccc3ccccc3c2[nH]1)C(C)C. The predicted octanol–water partition coefficient (Wildman–Crippen LogP) is 4.01. The van der Waals surface area contributed by atoms with Gasteiger partial charge in [0, 0.05) is 11.9 Å². The van der Waals surface area contributed by atoms with Crippen LogP contribution in [-0.2, 0) is 9.53 Å². The lowest BCUT2D eigenvalue weighted by molar-refractivity contribution is -0.135. The molecule has 2 aromatic carbocycles. The highest BCUT2D eigenvalue weighted by Gasteiger charge is 2.40. The molecule has 0 saturated carbocycles. The number of methoxy groups -OCH3 is 1. The fourth-order valence-corrected chi connectivity index (χ4v) is 4.36. The summed E-state index contributed by atoms with van der Waals surface area (Å²) in [6.45, 7) is 6.60. The number of H-pyrrole nitrogens is 1. The van der Waals surface area contributed by atoms with Gasteiger partial charge < -0.3 is 19.9 Å². The van der Waals surface area contributed by atoms with E-state index in [2.05, 4.69) is 35.4 Å². The van der Waals surface area contributed by atoms with Gasteiger partial charge in [0.2, 0.25) is 5.91 Å². The predicted molar refractivity (Wildman–Crippen MR) is 116 cm³/mol. The number of hydrogen-bond donors (Lipinski definition) is 2. The molecule has 0 unspecified atom stereocenters. The maximum absolute atomic E-state index is 13.4. The van der Waals surface area contributed by atoms with E-state index in [9.17, 15) is 9.59 Å². The Kier molecular flexibility index (Phi) is 5.37. The highest BCUT2D eigenvalue weighted by Crippen LogP contribution is 2.36. The molecule has 4 rings (SSSR count). The lowest BCUT2D eigenvalue weighted by Crippen LogP contribution is -2.51. The molecule has 0 spiro atoms. The molecule has 2 heterocycles. The molecule has 2 amide bonds. The van der Waals surface area contributed by atoms with Crippen molar-refractivity contribution in [3.63, 3.8) is 0 Å². The third-order valence-electron chi connectivity index (χ3n) is 5.90. The summed E-state index contributed by atoms with van der Waals surface area (Å²) in [6.07, 6.45) is 0.230. The number of amides is 2. The van der Waals surface area contributed by atoms with Gasteiger partial charge in [-0.05, 0) is 29.7 Å². The van der Waals surface area contributed by atoms with Crippen molar-refractivity contribution in [1.29, 1.82) is 0 Å². The van der Waals surface area contributed by atoms with Crippen molar-refractivity contribution in [3.8, 4) is 0 Å². The molecule has 1 fully saturated rings. The van der Waals surface area contributed by atoms with E-state index in [0.29, 0.717) is 12.5 Å². The van der Waals surface area contributed by atoms with Crippen LogP contribution >= 0.6 is 0 Å². The molecular formula is C23H28N4O3. The number of carbonyl (C=O) groups excluding carboxylic acids is 2. The highest BCUT2D eigenvalue weighted by atomic mass is 16.5. The van der Waals surface area contributed by atoms with Gasteiger partial charge in [0.1, 0.15) is 11.9 Å². The largest absolute Gasteiger partial charge is 0.453 e. The third-order valence-corrected chi connectivity index (χ3v) is 5.90. The summed E-state index contributed by atoms with van der Waals surface area (Å²) in [4.78, 5) is 35.4. The zero-order valence-electron chi connectivity index (χ0n) is 17.8. The van der Waals surface area contributed by atoms with Crippen LogP contribution in [0.25, 0.3) is 21.8 Å². The molecule has 3 aromatic rings. The molecular weight excluding hydrogens is 380 g/mol. The van der Waals surface area contributed by atoms with Crippen LogP contribution in [0.1, 0.15) is 39.1 Å². The van der Waals surface area contributed by atoms with Crippen molar-refractivity contribution < 1.29 is 14.3 Å². The molecule has 1 saturated heterocycles. The summed E-state index contributed by atoms with van der Waals surface area (Å²) in [5, 5.41) is 4.96. The van der Waals surface area contributed by atoms with Gasteiger partial charge in [0.05, 0.1) is 24.2 Å². The number of nitrogens with one attached hydrogen (secondary N) is 2. The fourth-order valence-electron chi connectivity index (χ4n) is 4.36. The number of nitrogens with zero attached hydrogens (tertiary/aromatic N) is 2. The van der Waals surface area contributed by atoms with E-state index < -0.39 is 12.1 Å². The van der Waals surface area contributed by atoms with E-state index in [1.165, 1.54) is 7.11 Å². The van der Waals surface area contributed by atoms with E-state index in [0.717, 1.165) is 34.1 Å². The Morgan fingerprint density at radius 1 is 1.23 bits per heavy atom. The van der Waals surface area contributed by atoms with Crippen molar-refractivity contribution >= 4 is 33.8 Å². The average Bonchev–Trinajstić information content (AvgIpc) is 3.34. The van der Waals surface area contributed by atoms with E-state index in [-0.39, 0.29) is 17.9 Å². The Morgan fingerprint density at radius 2 is 2.00 bits per heavy atom. The first-order valence-electron chi connectivity index (χ1n) is 10.4. The highest BCUT2D eigenvalue weighted by molar-refractivity contribution is 6.04. The van der Waals surface area contributed by atoms with Crippen LogP contribution in [0.4, 0.5) is 4.79 Å². The van der Waals surface area contributed by atoms with Gasteiger partial charge in [-0.15, -0.1) is 0 Å². The molecule has 30 heavy (non-hydrogen) atoms. The van der Waals surface area contributed by atoms with Gasteiger partial charge in [-0.1, -0.05) is 51.1 Å². The average molecular weight is 409 g/mol. The minimum absolute atomic E-state index is 0.0622. The first-order valence-corrected chi connectivity index (χ1v) is 10.4. The number of likely N-dealkylation sites (tertiary alicyclic amines) is 1. The number of benzene rings is 2. The number of alkyl carbamates (subject to hydrolysis) is 1. The molecule has 1 aliphatic heterocycles. The molecule has 158 valence electrons. The van der Waals surface area contributed by atoms with Crippen LogP contribution < -0.4 is 5.32 Å². The van der Waals surface area contributed by atoms with E-state index in [4.69, 9.17) is 9.72 Å². The maximum atomic E-state index is 13.4. The number of rotatable bonds is 4. The van der Waals surface area contributed by atoms with Crippen LogP contribution in [0, 0.1) is 11.8 Å². The smallest absolute Gasteiger partial charge is 0.407 e. The molecule has 0 radical (unpaired) electrons. The van der Waals surface area contributed by atoms with Gasteiger partial charge in [-0.25, -0.2) is 9.78 Å². The number of ether oxygens (including phenoxy) is 1. The molecule has 0 bridgehead atoms. The van der Waals surface area contributed by atoms with E-state index in [1.54, 1.807) is 0 Å². The van der Waals surface area contributed by atoms with Crippen molar-refractivity contribution in [2.75, 3.05) is 13.7 Å². The van der Waals surface area contributed by atoms with Gasteiger partial charge in [0.15, 0.2) is 0 Å². The Hall–Kier alpha value is -3.09. The van der Waals surface area contributed by atoms with E-state index >= 15 is 0 Å². The monoisotopic (exact) mass is 408 g/mol. The number of carbonyl (C=O) groups is 2. The van der Waals surface area contributed by atoms with Crippen molar-refractivity contribution in [2.24, 2.45) is 11.8 Å². The van der Waals surface area contributed by atoms with Crippen molar-refractivity contribution in [2.45, 2.75) is 39.3 Å². The zero-order chi connectivity index (χ0) is 21.4. The third kappa shape index (κ3) is 3.60. The van der Waals surface area contributed by atoms with Gasteiger partial charge in [0.25, 0.3) is 0 Å². The summed E-state index contributed by atoms with van der Waals surface area (Å²) in [6, 6.07) is 11.5. The van der Waals surface area contributed by atoms with Crippen LogP contribution in [0.2, 0.25) is 0 Å². The van der Waals surface area contributed by atoms with Crippen molar-refractivity contribution in [1.82, 2.24) is 20.2 Å². The molecule has 1 aromatic heterocycles. The summed E-state index contributed by atoms with van der Waals surface area (Å²) in [5.74, 6) is 0.970. The minimum atomic E-state index is -0.643. The molecule has 0 aliphatic carbocycles. The zero-order valence-corrected chi connectivity index (χ0v) is 17.8. The normalized spacial score (nSPS) is 20.1. The van der Waals surface area contributed by atoms with Crippen LogP contribution in [0.5, 0.6) is 0 Å². The summed E-state index contributed by atoms with van der Waals surface area (Å²) in [7, 11) is 1.30. The topological polar surface area (TPSA) is 87.3 Å². The van der Waals surface area contributed by atoms with Crippen molar-refractivity contribution in [3.05, 3.63) is 42.2 Å². The van der Waals surface area contributed by atoms with Gasteiger partial charge >= 0.3 is 6.09 Å². The first-order chi connectivity index (χ1) is 14.4. The van der Waals surface area contributed by atoms with Crippen LogP contribution in [0.15, 0.2) is 36.4 Å². The second-order valence-electron chi connectivity index (χ2n) is 8.51. The van der Waals surface area contributed by atoms with Gasteiger partial charge in [-0.2, -0.15) is 0 Å². The fraction of sp³-hybridized carbons (Fsp3) is 0.435. The summed E-state index contributed by atoms with van der Waals surface area (Å²) >= 11 is 0. The lowest BCUT2D eigenvalue weighted by atomic mass is 10.0. The first kappa shape index (κ1) is 20.2. The standard InChI is InChI=1S/C23H28N4O3/c1-13(2)19(26-23(29)30-4)22(28)27-12-14(3)11-18(27)21-24-17-10-9-15-7-5-6-8-16(15)20(17)25-21/h5-10,13-14,18-19H,11-12H2,1-4H3,(H,24,25)(H,26,29)/t14-,18-,19-/m0/s1. The molecule has 3 atom stereocenters. The van der Waals surface area contributed by atoms with Crippen LogP contribution in [0.3, 0.4) is 0 Å².